The van der Waals surface area contributed by atoms with Crippen LogP contribution in [0.25, 0.3) is 0 Å². The molecule has 1 atom stereocenters. The normalized spacial score (nSPS) is 28.5. The molecule has 7 heteroatoms. The second-order valence-corrected chi connectivity index (χ2v) is 5.05. The Labute approximate surface area is 105 Å². The lowest BCUT2D eigenvalue weighted by Gasteiger charge is -2.37. The van der Waals surface area contributed by atoms with Gasteiger partial charge in [-0.3, -0.25) is 9.80 Å². The molecule has 0 spiro atoms. The van der Waals surface area contributed by atoms with Crippen LogP contribution in [0.15, 0.2) is 0 Å². The van der Waals surface area contributed by atoms with Crippen molar-refractivity contribution in [3.8, 4) is 0 Å². The van der Waals surface area contributed by atoms with E-state index in [1.54, 1.807) is 0 Å². The van der Waals surface area contributed by atoms with Gasteiger partial charge in [0, 0.05) is 58.4 Å². The topological polar surface area (TPSA) is 30.5 Å². The SMILES string of the molecule is FC(F)(F)CN1CCN(CC2CNCCN2)CC1. The summed E-state index contributed by atoms with van der Waals surface area (Å²) >= 11 is 0. The van der Waals surface area contributed by atoms with Crippen molar-refractivity contribution in [1.82, 2.24) is 20.4 Å². The zero-order valence-corrected chi connectivity index (χ0v) is 10.5. The highest BCUT2D eigenvalue weighted by atomic mass is 19.4. The Morgan fingerprint density at radius 2 is 1.67 bits per heavy atom. The molecule has 2 rings (SSSR count). The Hall–Kier alpha value is -0.370. The van der Waals surface area contributed by atoms with Crippen LogP contribution < -0.4 is 10.6 Å². The summed E-state index contributed by atoms with van der Waals surface area (Å²) in [5.74, 6) is 0. The van der Waals surface area contributed by atoms with Crippen LogP contribution in [0.1, 0.15) is 0 Å². The summed E-state index contributed by atoms with van der Waals surface area (Å²) in [6.45, 7) is 5.55. The average molecular weight is 266 g/mol. The first-order valence-corrected chi connectivity index (χ1v) is 6.48. The van der Waals surface area contributed by atoms with Gasteiger partial charge in [-0.2, -0.15) is 13.2 Å². The lowest BCUT2D eigenvalue weighted by Crippen LogP contribution is -2.56. The molecule has 0 aromatic rings. The largest absolute Gasteiger partial charge is 0.401 e. The zero-order chi connectivity index (χ0) is 13.0. The molecule has 18 heavy (non-hydrogen) atoms. The maximum atomic E-state index is 12.2. The van der Waals surface area contributed by atoms with Crippen LogP contribution in [-0.4, -0.2) is 80.9 Å². The van der Waals surface area contributed by atoms with E-state index in [2.05, 4.69) is 15.5 Å². The third kappa shape index (κ3) is 4.72. The summed E-state index contributed by atoms with van der Waals surface area (Å²) in [7, 11) is 0. The molecule has 2 N–H and O–H groups in total. The van der Waals surface area contributed by atoms with Crippen LogP contribution in [0.3, 0.4) is 0 Å². The molecule has 0 radical (unpaired) electrons. The van der Waals surface area contributed by atoms with Gasteiger partial charge >= 0.3 is 6.18 Å². The number of piperazine rings is 2. The van der Waals surface area contributed by atoms with Gasteiger partial charge in [0.1, 0.15) is 0 Å². The van der Waals surface area contributed by atoms with Gasteiger partial charge in [0.2, 0.25) is 0 Å². The summed E-state index contributed by atoms with van der Waals surface area (Å²) in [6, 6.07) is 0.424. The highest BCUT2D eigenvalue weighted by Gasteiger charge is 2.32. The highest BCUT2D eigenvalue weighted by Crippen LogP contribution is 2.17. The predicted octanol–water partition coefficient (Wildman–Crippen LogP) is -0.272. The van der Waals surface area contributed by atoms with E-state index in [1.807, 2.05) is 0 Å². The van der Waals surface area contributed by atoms with E-state index < -0.39 is 12.7 Å². The van der Waals surface area contributed by atoms with Crippen molar-refractivity contribution in [3.05, 3.63) is 0 Å². The molecule has 2 heterocycles. The first-order chi connectivity index (χ1) is 8.53. The lowest BCUT2D eigenvalue weighted by atomic mass is 10.2. The molecular weight excluding hydrogens is 245 g/mol. The van der Waals surface area contributed by atoms with Gasteiger partial charge < -0.3 is 10.6 Å². The molecule has 0 aromatic heterocycles. The van der Waals surface area contributed by atoms with Gasteiger partial charge in [0.15, 0.2) is 0 Å². The van der Waals surface area contributed by atoms with Gasteiger partial charge in [0.25, 0.3) is 0 Å². The second-order valence-electron chi connectivity index (χ2n) is 5.05. The minimum atomic E-state index is -4.07. The number of rotatable bonds is 3. The van der Waals surface area contributed by atoms with Gasteiger partial charge in [-0.25, -0.2) is 0 Å². The Morgan fingerprint density at radius 1 is 1.00 bits per heavy atom. The van der Waals surface area contributed by atoms with E-state index in [0.717, 1.165) is 39.3 Å². The average Bonchev–Trinajstić information content (AvgIpc) is 2.31. The fourth-order valence-corrected chi connectivity index (χ4v) is 2.54. The quantitative estimate of drug-likeness (QED) is 0.736. The molecule has 2 aliphatic heterocycles. The molecule has 0 aliphatic carbocycles. The molecule has 0 amide bonds. The van der Waals surface area contributed by atoms with E-state index in [4.69, 9.17) is 0 Å². The van der Waals surface area contributed by atoms with Crippen molar-refractivity contribution in [3.63, 3.8) is 0 Å². The number of halogens is 3. The minimum Gasteiger partial charge on any atom is -0.314 e. The Bertz CT molecular complexity index is 245. The summed E-state index contributed by atoms with van der Waals surface area (Å²) in [5, 5.41) is 6.73. The van der Waals surface area contributed by atoms with Gasteiger partial charge in [-0.05, 0) is 0 Å². The molecule has 0 aromatic carbocycles. The Balaban J connectivity index is 1.66. The third-order valence-corrected chi connectivity index (χ3v) is 3.47. The maximum Gasteiger partial charge on any atom is 0.401 e. The molecule has 2 saturated heterocycles. The zero-order valence-electron chi connectivity index (χ0n) is 10.5. The fourth-order valence-electron chi connectivity index (χ4n) is 2.54. The molecule has 106 valence electrons. The Kier molecular flexibility index (Phi) is 4.83. The number of hydrogen-bond donors (Lipinski definition) is 2. The summed E-state index contributed by atoms with van der Waals surface area (Å²) in [6.07, 6.45) is -4.07. The van der Waals surface area contributed by atoms with Crippen LogP contribution in [0.4, 0.5) is 13.2 Å². The van der Waals surface area contributed by atoms with E-state index >= 15 is 0 Å². The number of nitrogens with one attached hydrogen (secondary N) is 2. The summed E-state index contributed by atoms with van der Waals surface area (Å²) in [5.41, 5.74) is 0. The van der Waals surface area contributed by atoms with Crippen molar-refractivity contribution in [2.45, 2.75) is 12.2 Å². The molecular formula is C11H21F3N4. The number of hydrogen-bond acceptors (Lipinski definition) is 4. The van der Waals surface area contributed by atoms with Gasteiger partial charge in [0.05, 0.1) is 6.54 Å². The first kappa shape index (κ1) is 14.0. The van der Waals surface area contributed by atoms with Crippen molar-refractivity contribution >= 4 is 0 Å². The van der Waals surface area contributed by atoms with Crippen molar-refractivity contribution in [2.24, 2.45) is 0 Å². The van der Waals surface area contributed by atoms with Crippen molar-refractivity contribution < 1.29 is 13.2 Å². The first-order valence-electron chi connectivity index (χ1n) is 6.48. The van der Waals surface area contributed by atoms with Crippen molar-refractivity contribution in [1.29, 1.82) is 0 Å². The van der Waals surface area contributed by atoms with Crippen LogP contribution in [0.2, 0.25) is 0 Å². The van der Waals surface area contributed by atoms with E-state index in [0.29, 0.717) is 19.1 Å². The van der Waals surface area contributed by atoms with Crippen LogP contribution in [-0.2, 0) is 0 Å². The molecule has 2 aliphatic rings. The lowest BCUT2D eigenvalue weighted by molar-refractivity contribution is -0.149. The van der Waals surface area contributed by atoms with Gasteiger partial charge in [-0.15, -0.1) is 0 Å². The van der Waals surface area contributed by atoms with E-state index in [9.17, 15) is 13.2 Å². The Morgan fingerprint density at radius 3 is 2.22 bits per heavy atom. The number of alkyl halides is 3. The molecule has 1 unspecified atom stereocenters. The number of nitrogens with zero attached hydrogens (tertiary/aromatic N) is 2. The maximum absolute atomic E-state index is 12.2. The predicted molar refractivity (Wildman–Crippen MR) is 63.6 cm³/mol. The van der Waals surface area contributed by atoms with E-state index in [1.165, 1.54) is 4.90 Å². The minimum absolute atomic E-state index is 0.424. The fraction of sp³-hybridized carbons (Fsp3) is 1.00. The highest BCUT2D eigenvalue weighted by molar-refractivity contribution is 4.82. The van der Waals surface area contributed by atoms with Crippen LogP contribution in [0, 0.1) is 0 Å². The monoisotopic (exact) mass is 266 g/mol. The van der Waals surface area contributed by atoms with Crippen molar-refractivity contribution in [2.75, 3.05) is 58.9 Å². The standard InChI is InChI=1S/C11H21F3N4/c12-11(13,14)9-18-5-3-17(4-6-18)8-10-7-15-1-2-16-10/h10,15-16H,1-9H2. The summed E-state index contributed by atoms with van der Waals surface area (Å²) in [4.78, 5) is 3.74. The second kappa shape index (κ2) is 6.18. The molecule has 4 nitrogen and oxygen atoms in total. The van der Waals surface area contributed by atoms with Crippen LogP contribution >= 0.6 is 0 Å². The van der Waals surface area contributed by atoms with Crippen LogP contribution in [0.5, 0.6) is 0 Å². The molecule has 0 bridgehead atoms. The smallest absolute Gasteiger partial charge is 0.314 e. The summed E-state index contributed by atoms with van der Waals surface area (Å²) < 4.78 is 36.7. The molecule has 0 saturated carbocycles. The third-order valence-electron chi connectivity index (χ3n) is 3.47. The van der Waals surface area contributed by atoms with E-state index in [-0.39, 0.29) is 0 Å². The van der Waals surface area contributed by atoms with Gasteiger partial charge in [-0.1, -0.05) is 0 Å². The molecule has 2 fully saturated rings.